The van der Waals surface area contributed by atoms with Gasteiger partial charge in [0.15, 0.2) is 0 Å². The highest BCUT2D eigenvalue weighted by Gasteiger charge is 2.24. The van der Waals surface area contributed by atoms with Crippen LogP contribution in [0.25, 0.3) is 0 Å². The largest absolute Gasteiger partial charge is 0.468 e. The fraction of sp³-hybridized carbons (Fsp3) is 0.476. The number of benzene rings is 1. The number of nitrogens with zero attached hydrogens (tertiary/aromatic N) is 1. The number of carbonyl (C=O) groups is 1. The van der Waals surface area contributed by atoms with E-state index < -0.39 is 0 Å². The molecule has 0 radical (unpaired) electrons. The molecule has 1 aromatic heterocycles. The Morgan fingerprint density at radius 2 is 1.89 bits per heavy atom. The number of ether oxygens (including phenoxy) is 1. The number of amides is 2. The molecule has 0 bridgehead atoms. The minimum Gasteiger partial charge on any atom is -0.468 e. The number of carbonyl (C=O) groups excluding carboxylic acids is 1. The molecule has 0 aliphatic carbocycles. The number of rotatable bonds is 8. The number of likely N-dealkylation sites (tertiary alicyclic amines) is 1. The molecule has 2 N–H and O–H groups in total. The summed E-state index contributed by atoms with van der Waals surface area (Å²) in [7, 11) is 1.67. The number of piperidine rings is 1. The molecule has 0 saturated carbocycles. The number of hydrogen-bond donors (Lipinski definition) is 2. The quantitative estimate of drug-likeness (QED) is 0.746. The van der Waals surface area contributed by atoms with E-state index in [-0.39, 0.29) is 12.1 Å². The van der Waals surface area contributed by atoms with Crippen molar-refractivity contribution in [3.05, 3.63) is 59.5 Å². The fourth-order valence-corrected chi connectivity index (χ4v) is 3.57. The topological polar surface area (TPSA) is 66.7 Å². The van der Waals surface area contributed by atoms with E-state index in [2.05, 4.69) is 15.5 Å². The summed E-state index contributed by atoms with van der Waals surface area (Å²) in [6.45, 7) is 3.62. The molecule has 1 atom stereocenters. The molecule has 2 aromatic rings. The lowest BCUT2D eigenvalue weighted by atomic mass is 10.1. The molecule has 146 valence electrons. The molecular weight excluding hydrogens is 342 g/mol. The van der Waals surface area contributed by atoms with Gasteiger partial charge in [0.1, 0.15) is 5.76 Å². The summed E-state index contributed by atoms with van der Waals surface area (Å²) in [6.07, 6.45) is 5.36. The Labute approximate surface area is 160 Å². The minimum atomic E-state index is -0.171. The lowest BCUT2D eigenvalue weighted by molar-refractivity contribution is 0.143. The van der Waals surface area contributed by atoms with Crippen LogP contribution in [0.2, 0.25) is 0 Å². The van der Waals surface area contributed by atoms with Crippen LogP contribution in [0.4, 0.5) is 4.79 Å². The Bertz CT molecular complexity index is 696. The highest BCUT2D eigenvalue weighted by Crippen LogP contribution is 2.24. The Hall–Kier alpha value is -2.31. The second kappa shape index (κ2) is 10.1. The first-order valence-corrected chi connectivity index (χ1v) is 9.63. The first-order valence-electron chi connectivity index (χ1n) is 9.63. The van der Waals surface area contributed by atoms with Crippen molar-refractivity contribution in [3.63, 3.8) is 0 Å². The molecule has 6 heteroatoms. The molecule has 1 aliphatic rings. The Morgan fingerprint density at radius 3 is 2.59 bits per heavy atom. The molecule has 1 saturated heterocycles. The zero-order valence-corrected chi connectivity index (χ0v) is 15.9. The van der Waals surface area contributed by atoms with Crippen molar-refractivity contribution in [2.24, 2.45) is 0 Å². The van der Waals surface area contributed by atoms with Crippen molar-refractivity contribution >= 4 is 6.03 Å². The Kier molecular flexibility index (Phi) is 7.30. The average Bonchev–Trinajstić information content (AvgIpc) is 3.23. The molecule has 0 spiro atoms. The van der Waals surface area contributed by atoms with Crippen molar-refractivity contribution in [1.29, 1.82) is 0 Å². The lowest BCUT2D eigenvalue weighted by Gasteiger charge is -2.33. The van der Waals surface area contributed by atoms with E-state index in [9.17, 15) is 4.79 Å². The molecule has 1 fully saturated rings. The summed E-state index contributed by atoms with van der Waals surface area (Å²) >= 11 is 0. The zero-order valence-electron chi connectivity index (χ0n) is 15.9. The normalized spacial score (nSPS) is 16.0. The fourth-order valence-electron chi connectivity index (χ4n) is 3.57. The van der Waals surface area contributed by atoms with E-state index in [1.807, 2.05) is 36.4 Å². The van der Waals surface area contributed by atoms with Gasteiger partial charge in [0.2, 0.25) is 0 Å². The van der Waals surface area contributed by atoms with Gasteiger partial charge in [-0.05, 0) is 49.2 Å². The van der Waals surface area contributed by atoms with E-state index in [1.54, 1.807) is 13.4 Å². The predicted molar refractivity (Wildman–Crippen MR) is 104 cm³/mol. The van der Waals surface area contributed by atoms with Gasteiger partial charge in [0.25, 0.3) is 0 Å². The number of furan rings is 1. The van der Waals surface area contributed by atoms with Crippen LogP contribution < -0.4 is 10.6 Å². The monoisotopic (exact) mass is 371 g/mol. The summed E-state index contributed by atoms with van der Waals surface area (Å²) in [4.78, 5) is 14.7. The molecule has 3 rings (SSSR count). The van der Waals surface area contributed by atoms with Gasteiger partial charge in [-0.3, -0.25) is 4.90 Å². The maximum Gasteiger partial charge on any atom is 0.315 e. The van der Waals surface area contributed by atoms with E-state index in [0.29, 0.717) is 19.7 Å². The van der Waals surface area contributed by atoms with Crippen LogP contribution >= 0.6 is 0 Å². The zero-order chi connectivity index (χ0) is 18.9. The summed E-state index contributed by atoms with van der Waals surface area (Å²) < 4.78 is 10.8. The SMILES string of the molecule is COCc1ccccc1CNC(=O)NCC(c1ccco1)N1CCCCC1. The van der Waals surface area contributed by atoms with Gasteiger partial charge in [0.05, 0.1) is 18.9 Å². The molecule has 27 heavy (non-hydrogen) atoms. The molecular formula is C21H29N3O3. The van der Waals surface area contributed by atoms with E-state index in [0.717, 1.165) is 30.0 Å². The van der Waals surface area contributed by atoms with Gasteiger partial charge < -0.3 is 19.8 Å². The van der Waals surface area contributed by atoms with Crippen LogP contribution in [0.3, 0.4) is 0 Å². The molecule has 6 nitrogen and oxygen atoms in total. The summed E-state index contributed by atoms with van der Waals surface area (Å²) in [6, 6.07) is 11.8. The summed E-state index contributed by atoms with van der Waals surface area (Å²) in [5.41, 5.74) is 2.15. The predicted octanol–water partition coefficient (Wildman–Crippen LogP) is 3.45. The van der Waals surface area contributed by atoms with Crippen molar-refractivity contribution in [2.45, 2.75) is 38.5 Å². The Balaban J connectivity index is 1.53. The third-order valence-electron chi connectivity index (χ3n) is 5.02. The Morgan fingerprint density at radius 1 is 1.11 bits per heavy atom. The molecule has 2 amide bonds. The lowest BCUT2D eigenvalue weighted by Crippen LogP contribution is -2.43. The van der Waals surface area contributed by atoms with Crippen LogP contribution in [-0.4, -0.2) is 37.7 Å². The average molecular weight is 371 g/mol. The van der Waals surface area contributed by atoms with Crippen LogP contribution in [0.15, 0.2) is 47.1 Å². The smallest absolute Gasteiger partial charge is 0.315 e. The van der Waals surface area contributed by atoms with Crippen molar-refractivity contribution < 1.29 is 13.9 Å². The van der Waals surface area contributed by atoms with E-state index >= 15 is 0 Å². The third kappa shape index (κ3) is 5.58. The second-order valence-electron chi connectivity index (χ2n) is 6.89. The highest BCUT2D eigenvalue weighted by molar-refractivity contribution is 5.73. The molecule has 1 aromatic carbocycles. The van der Waals surface area contributed by atoms with Crippen LogP contribution in [0.5, 0.6) is 0 Å². The van der Waals surface area contributed by atoms with Gasteiger partial charge in [-0.25, -0.2) is 4.79 Å². The molecule has 2 heterocycles. The van der Waals surface area contributed by atoms with Gasteiger partial charge in [-0.1, -0.05) is 30.7 Å². The molecule has 1 unspecified atom stereocenters. The number of nitrogens with one attached hydrogen (secondary N) is 2. The van der Waals surface area contributed by atoms with Gasteiger partial charge in [-0.2, -0.15) is 0 Å². The number of urea groups is 1. The van der Waals surface area contributed by atoms with Crippen molar-refractivity contribution in [2.75, 3.05) is 26.7 Å². The standard InChI is InChI=1S/C21H29N3O3/c1-26-16-18-9-4-3-8-17(18)14-22-21(25)23-15-19(20-10-7-13-27-20)24-11-5-2-6-12-24/h3-4,7-10,13,19H,2,5-6,11-12,14-16H2,1H3,(H2,22,23,25). The van der Waals surface area contributed by atoms with Crippen LogP contribution in [0.1, 0.15) is 42.2 Å². The maximum atomic E-state index is 12.3. The number of methoxy groups -OCH3 is 1. The molecule has 1 aliphatic heterocycles. The van der Waals surface area contributed by atoms with E-state index in [4.69, 9.17) is 9.15 Å². The van der Waals surface area contributed by atoms with Crippen LogP contribution in [0, 0.1) is 0 Å². The van der Waals surface area contributed by atoms with Crippen molar-refractivity contribution in [1.82, 2.24) is 15.5 Å². The second-order valence-corrected chi connectivity index (χ2v) is 6.89. The first-order chi connectivity index (χ1) is 13.3. The third-order valence-corrected chi connectivity index (χ3v) is 5.02. The van der Waals surface area contributed by atoms with Gasteiger partial charge in [0, 0.05) is 20.2 Å². The number of hydrogen-bond acceptors (Lipinski definition) is 4. The first kappa shape index (κ1) is 19.5. The summed E-state index contributed by atoms with van der Waals surface area (Å²) in [5, 5.41) is 5.95. The van der Waals surface area contributed by atoms with Gasteiger partial charge >= 0.3 is 6.03 Å². The maximum absolute atomic E-state index is 12.3. The van der Waals surface area contributed by atoms with E-state index in [1.165, 1.54) is 19.3 Å². The minimum absolute atomic E-state index is 0.0758. The van der Waals surface area contributed by atoms with Crippen LogP contribution in [-0.2, 0) is 17.9 Å². The highest BCUT2D eigenvalue weighted by atomic mass is 16.5. The summed E-state index contributed by atoms with van der Waals surface area (Å²) in [5.74, 6) is 0.905. The van der Waals surface area contributed by atoms with Crippen molar-refractivity contribution in [3.8, 4) is 0 Å². The van der Waals surface area contributed by atoms with Gasteiger partial charge in [-0.15, -0.1) is 0 Å².